The number of hydrogen-bond donors (Lipinski definition) is 0. The molecule has 2 aromatic heterocycles. The average Bonchev–Trinajstić information content (AvgIpc) is 3.10. The molecule has 6 nitrogen and oxygen atoms in total. The van der Waals surface area contributed by atoms with Crippen molar-refractivity contribution in [1.29, 1.82) is 0 Å². The summed E-state index contributed by atoms with van der Waals surface area (Å²) in [7, 11) is 0. The Balaban J connectivity index is 1.43. The van der Waals surface area contributed by atoms with Crippen LogP contribution in [0.25, 0.3) is 5.69 Å². The molecule has 3 aromatic rings. The summed E-state index contributed by atoms with van der Waals surface area (Å²) in [6, 6.07) is 10.4. The first-order valence-electron chi connectivity index (χ1n) is 9.33. The number of aromatic nitrogens is 3. The largest absolute Gasteiger partial charge is 0.336 e. The Bertz CT molecular complexity index is 964. The van der Waals surface area contributed by atoms with Crippen LogP contribution in [0.4, 0.5) is 4.39 Å². The molecule has 0 N–H and O–H groups in total. The first-order chi connectivity index (χ1) is 13.6. The van der Waals surface area contributed by atoms with E-state index in [1.807, 2.05) is 17.2 Å². The van der Waals surface area contributed by atoms with Gasteiger partial charge in [-0.25, -0.2) is 9.07 Å². The highest BCUT2D eigenvalue weighted by Gasteiger charge is 2.25. The van der Waals surface area contributed by atoms with Crippen LogP contribution in [0.3, 0.4) is 0 Å². The van der Waals surface area contributed by atoms with E-state index in [2.05, 4.69) is 21.0 Å². The van der Waals surface area contributed by atoms with Gasteiger partial charge in [0.15, 0.2) is 0 Å². The number of carbonyl (C=O) groups excluding carboxylic acids is 1. The molecule has 0 saturated carbocycles. The van der Waals surface area contributed by atoms with Gasteiger partial charge in [-0.2, -0.15) is 5.10 Å². The van der Waals surface area contributed by atoms with Crippen LogP contribution >= 0.6 is 0 Å². The summed E-state index contributed by atoms with van der Waals surface area (Å²) in [5.41, 5.74) is 2.68. The van der Waals surface area contributed by atoms with E-state index >= 15 is 0 Å². The van der Waals surface area contributed by atoms with E-state index in [4.69, 9.17) is 0 Å². The minimum atomic E-state index is -0.364. The Morgan fingerprint density at radius 1 is 1.07 bits per heavy atom. The lowest BCUT2D eigenvalue weighted by atomic mass is 10.2. The molecule has 28 heavy (non-hydrogen) atoms. The Kier molecular flexibility index (Phi) is 5.16. The van der Waals surface area contributed by atoms with E-state index < -0.39 is 0 Å². The van der Waals surface area contributed by atoms with Crippen LogP contribution < -0.4 is 0 Å². The first-order valence-corrected chi connectivity index (χ1v) is 9.33. The van der Waals surface area contributed by atoms with Crippen LogP contribution in [-0.4, -0.2) is 56.7 Å². The molecule has 0 unspecified atom stereocenters. The predicted molar refractivity (Wildman–Crippen MR) is 104 cm³/mol. The highest BCUT2D eigenvalue weighted by molar-refractivity contribution is 5.95. The monoisotopic (exact) mass is 379 g/mol. The Morgan fingerprint density at radius 3 is 2.57 bits per heavy atom. The van der Waals surface area contributed by atoms with E-state index in [-0.39, 0.29) is 11.7 Å². The van der Waals surface area contributed by atoms with Gasteiger partial charge < -0.3 is 4.90 Å². The second kappa shape index (κ2) is 7.90. The lowest BCUT2D eigenvalue weighted by molar-refractivity contribution is 0.0627. The van der Waals surface area contributed by atoms with Crippen molar-refractivity contribution in [3.63, 3.8) is 0 Å². The molecule has 1 aromatic carbocycles. The third-order valence-corrected chi connectivity index (χ3v) is 5.11. The zero-order valence-electron chi connectivity index (χ0n) is 15.8. The van der Waals surface area contributed by atoms with Crippen LogP contribution in [0, 0.1) is 12.7 Å². The van der Waals surface area contributed by atoms with Gasteiger partial charge in [-0.3, -0.25) is 14.7 Å². The third-order valence-electron chi connectivity index (χ3n) is 5.11. The van der Waals surface area contributed by atoms with Crippen LogP contribution in [0.2, 0.25) is 0 Å². The molecule has 144 valence electrons. The SMILES string of the molecule is Cc1c(C(=O)N2CCN(Cc3cccnc3)CC2)cnn1-c1ccccc1F. The maximum atomic E-state index is 14.1. The van der Waals surface area contributed by atoms with Crippen LogP contribution in [0.5, 0.6) is 0 Å². The predicted octanol–water partition coefficient (Wildman–Crippen LogP) is 2.67. The van der Waals surface area contributed by atoms with Gasteiger partial charge in [0.05, 0.1) is 17.5 Å². The van der Waals surface area contributed by atoms with E-state index in [0.29, 0.717) is 30.0 Å². The molecule has 7 heteroatoms. The number of benzene rings is 1. The fourth-order valence-corrected chi connectivity index (χ4v) is 3.52. The molecule has 1 saturated heterocycles. The van der Waals surface area contributed by atoms with Gasteiger partial charge in [0.2, 0.25) is 0 Å². The maximum Gasteiger partial charge on any atom is 0.257 e. The Labute approximate surface area is 163 Å². The number of carbonyl (C=O) groups is 1. The van der Waals surface area contributed by atoms with Crippen molar-refractivity contribution in [2.24, 2.45) is 0 Å². The van der Waals surface area contributed by atoms with Gasteiger partial charge in [0.25, 0.3) is 5.91 Å². The van der Waals surface area contributed by atoms with Crippen molar-refractivity contribution in [3.05, 3.63) is 77.6 Å². The van der Waals surface area contributed by atoms with Crippen LogP contribution in [0.1, 0.15) is 21.6 Å². The molecule has 0 spiro atoms. The zero-order valence-corrected chi connectivity index (χ0v) is 15.8. The standard InChI is InChI=1S/C21H22FN5O/c1-16-18(14-24-27(16)20-7-3-2-6-19(20)22)21(28)26-11-9-25(10-12-26)15-17-5-4-8-23-13-17/h2-8,13-14H,9-12,15H2,1H3. The summed E-state index contributed by atoms with van der Waals surface area (Å²) >= 11 is 0. The van der Waals surface area contributed by atoms with Crippen molar-refractivity contribution in [2.45, 2.75) is 13.5 Å². The highest BCUT2D eigenvalue weighted by atomic mass is 19.1. The minimum absolute atomic E-state index is 0.0545. The van der Waals surface area contributed by atoms with Gasteiger partial charge in [0, 0.05) is 45.1 Å². The normalized spacial score (nSPS) is 15.0. The molecular formula is C21H22FN5O. The van der Waals surface area contributed by atoms with E-state index in [1.54, 1.807) is 31.3 Å². The van der Waals surface area contributed by atoms with Crippen molar-refractivity contribution in [1.82, 2.24) is 24.6 Å². The van der Waals surface area contributed by atoms with E-state index in [0.717, 1.165) is 19.6 Å². The van der Waals surface area contributed by atoms with Crippen molar-refractivity contribution < 1.29 is 9.18 Å². The zero-order chi connectivity index (χ0) is 19.5. The van der Waals surface area contributed by atoms with Gasteiger partial charge in [-0.05, 0) is 30.7 Å². The van der Waals surface area contributed by atoms with Crippen molar-refractivity contribution in [3.8, 4) is 5.69 Å². The first kappa shape index (κ1) is 18.3. The molecule has 3 heterocycles. The van der Waals surface area contributed by atoms with Crippen LogP contribution in [0.15, 0.2) is 55.0 Å². The summed E-state index contributed by atoms with van der Waals surface area (Å²) in [4.78, 5) is 21.3. The molecule has 0 bridgehead atoms. The summed E-state index contributed by atoms with van der Waals surface area (Å²) < 4.78 is 15.6. The number of rotatable bonds is 4. The fourth-order valence-electron chi connectivity index (χ4n) is 3.52. The second-order valence-corrected chi connectivity index (χ2v) is 6.94. The maximum absolute atomic E-state index is 14.1. The van der Waals surface area contributed by atoms with E-state index in [9.17, 15) is 9.18 Å². The van der Waals surface area contributed by atoms with E-state index in [1.165, 1.54) is 22.5 Å². The van der Waals surface area contributed by atoms with Crippen molar-refractivity contribution in [2.75, 3.05) is 26.2 Å². The van der Waals surface area contributed by atoms with Crippen molar-refractivity contribution >= 4 is 5.91 Å². The third kappa shape index (κ3) is 3.66. The number of piperazine rings is 1. The molecule has 0 aliphatic carbocycles. The Morgan fingerprint density at radius 2 is 1.86 bits per heavy atom. The van der Waals surface area contributed by atoms with Gasteiger partial charge in [-0.15, -0.1) is 0 Å². The number of nitrogens with zero attached hydrogens (tertiary/aromatic N) is 5. The van der Waals surface area contributed by atoms with Gasteiger partial charge in [-0.1, -0.05) is 18.2 Å². The number of halogens is 1. The fraction of sp³-hybridized carbons (Fsp3) is 0.286. The lowest BCUT2D eigenvalue weighted by Crippen LogP contribution is -2.48. The molecule has 4 rings (SSSR count). The molecule has 1 aliphatic heterocycles. The highest BCUT2D eigenvalue weighted by Crippen LogP contribution is 2.19. The molecule has 1 fully saturated rings. The summed E-state index contributed by atoms with van der Waals surface area (Å²) in [6.45, 7) is 5.56. The smallest absolute Gasteiger partial charge is 0.257 e. The molecule has 0 radical (unpaired) electrons. The Hall–Kier alpha value is -3.06. The quantitative estimate of drug-likeness (QED) is 0.699. The number of hydrogen-bond acceptors (Lipinski definition) is 4. The number of para-hydroxylation sites is 1. The molecule has 1 amide bonds. The summed E-state index contributed by atoms with van der Waals surface area (Å²) in [5.74, 6) is -0.419. The number of pyridine rings is 1. The van der Waals surface area contributed by atoms with Gasteiger partial charge >= 0.3 is 0 Å². The summed E-state index contributed by atoms with van der Waals surface area (Å²) in [6.07, 6.45) is 5.17. The van der Waals surface area contributed by atoms with Gasteiger partial charge in [0.1, 0.15) is 11.5 Å². The molecule has 0 atom stereocenters. The molecule has 1 aliphatic rings. The lowest BCUT2D eigenvalue weighted by Gasteiger charge is -2.34. The number of amides is 1. The van der Waals surface area contributed by atoms with Crippen LogP contribution in [-0.2, 0) is 6.54 Å². The molecular weight excluding hydrogens is 357 g/mol. The minimum Gasteiger partial charge on any atom is -0.336 e. The average molecular weight is 379 g/mol. The summed E-state index contributed by atoms with van der Waals surface area (Å²) in [5, 5.41) is 4.25. The topological polar surface area (TPSA) is 54.3 Å². The second-order valence-electron chi connectivity index (χ2n) is 6.94.